The van der Waals surface area contributed by atoms with Crippen LogP contribution < -0.4 is 5.32 Å². The largest absolute Gasteiger partial charge is 0.478 e. The third-order valence-electron chi connectivity index (χ3n) is 2.40. The van der Waals surface area contributed by atoms with Crippen LogP contribution in [0.2, 0.25) is 0 Å². The van der Waals surface area contributed by atoms with Gasteiger partial charge >= 0.3 is 5.97 Å². The monoisotopic (exact) mass is 232 g/mol. The van der Waals surface area contributed by atoms with Crippen molar-refractivity contribution in [1.82, 2.24) is 5.32 Å². The lowest BCUT2D eigenvalue weighted by molar-refractivity contribution is 0.0697. The van der Waals surface area contributed by atoms with Crippen LogP contribution in [0.4, 0.5) is 0 Å². The molecule has 0 aliphatic rings. The van der Waals surface area contributed by atoms with Gasteiger partial charge in [-0.1, -0.05) is 12.1 Å². The van der Waals surface area contributed by atoms with Crippen molar-refractivity contribution in [3.05, 3.63) is 35.4 Å². The van der Waals surface area contributed by atoms with E-state index in [2.05, 4.69) is 11.4 Å². The lowest BCUT2D eigenvalue weighted by Gasteiger charge is -2.15. The van der Waals surface area contributed by atoms with Crippen molar-refractivity contribution < 1.29 is 9.90 Å². The molecule has 0 aliphatic carbocycles. The quantitative estimate of drug-likeness (QED) is 0.814. The average molecular weight is 232 g/mol. The maximum atomic E-state index is 10.6. The van der Waals surface area contributed by atoms with Crippen molar-refractivity contribution >= 4 is 5.97 Å². The molecule has 0 atom stereocenters. The fourth-order valence-electron chi connectivity index (χ4n) is 1.32. The van der Waals surface area contributed by atoms with Crippen LogP contribution in [-0.4, -0.2) is 17.6 Å². The van der Waals surface area contributed by atoms with Crippen molar-refractivity contribution in [1.29, 1.82) is 5.26 Å². The molecule has 0 heterocycles. The number of nitriles is 1. The Labute approximate surface area is 101 Å². The highest BCUT2D eigenvalue weighted by Crippen LogP contribution is 2.11. The van der Waals surface area contributed by atoms with Crippen molar-refractivity contribution in [2.24, 2.45) is 5.41 Å². The second-order valence-electron chi connectivity index (χ2n) is 4.60. The number of hydrogen-bond donors (Lipinski definition) is 2. The smallest absolute Gasteiger partial charge is 0.335 e. The number of carboxylic acids is 1. The van der Waals surface area contributed by atoms with E-state index >= 15 is 0 Å². The van der Waals surface area contributed by atoms with Crippen molar-refractivity contribution in [2.45, 2.75) is 20.4 Å². The van der Waals surface area contributed by atoms with Gasteiger partial charge in [0.1, 0.15) is 0 Å². The van der Waals surface area contributed by atoms with E-state index in [0.29, 0.717) is 13.1 Å². The summed E-state index contributed by atoms with van der Waals surface area (Å²) in [4.78, 5) is 10.6. The number of rotatable bonds is 5. The second kappa shape index (κ2) is 5.46. The van der Waals surface area contributed by atoms with E-state index < -0.39 is 5.97 Å². The van der Waals surface area contributed by atoms with Crippen molar-refractivity contribution in [2.75, 3.05) is 6.54 Å². The molecule has 0 saturated heterocycles. The Hall–Kier alpha value is -1.86. The van der Waals surface area contributed by atoms with Gasteiger partial charge in [-0.2, -0.15) is 5.26 Å². The van der Waals surface area contributed by atoms with Gasteiger partial charge in [0.15, 0.2) is 0 Å². The zero-order chi connectivity index (χ0) is 12.9. The summed E-state index contributed by atoms with van der Waals surface area (Å²) in [5.74, 6) is -0.921. The molecule has 0 aromatic heterocycles. The van der Waals surface area contributed by atoms with Crippen LogP contribution >= 0.6 is 0 Å². The van der Waals surface area contributed by atoms with Gasteiger partial charge in [-0.25, -0.2) is 4.79 Å². The Morgan fingerprint density at radius 3 is 2.47 bits per heavy atom. The number of carboxylic acid groups (broad SMARTS) is 1. The first kappa shape index (κ1) is 13.2. The molecular formula is C13H16N2O2. The SMILES string of the molecule is CC(C)(C#N)CNCc1ccc(C(=O)O)cc1. The molecule has 17 heavy (non-hydrogen) atoms. The standard InChI is InChI=1S/C13H16N2O2/c1-13(2,8-14)9-15-7-10-3-5-11(6-4-10)12(16)17/h3-6,15H,7,9H2,1-2H3,(H,16,17). The van der Waals surface area contributed by atoms with Crippen LogP contribution in [0.15, 0.2) is 24.3 Å². The molecular weight excluding hydrogens is 216 g/mol. The van der Waals surface area contributed by atoms with Gasteiger partial charge in [0.25, 0.3) is 0 Å². The first-order chi connectivity index (χ1) is 7.94. The molecule has 1 aromatic carbocycles. The highest BCUT2D eigenvalue weighted by atomic mass is 16.4. The minimum atomic E-state index is -0.921. The fourth-order valence-corrected chi connectivity index (χ4v) is 1.32. The van der Waals surface area contributed by atoms with Gasteiger partial charge in [-0.3, -0.25) is 0 Å². The van der Waals surface area contributed by atoms with E-state index in [4.69, 9.17) is 10.4 Å². The summed E-state index contributed by atoms with van der Waals surface area (Å²) in [7, 11) is 0. The van der Waals surface area contributed by atoms with Gasteiger partial charge in [0, 0.05) is 13.1 Å². The molecule has 90 valence electrons. The van der Waals surface area contributed by atoms with Gasteiger partial charge in [0.05, 0.1) is 17.0 Å². The summed E-state index contributed by atoms with van der Waals surface area (Å²) in [6.07, 6.45) is 0. The third kappa shape index (κ3) is 4.25. The van der Waals surface area contributed by atoms with Crippen LogP contribution in [0, 0.1) is 16.7 Å². The van der Waals surface area contributed by atoms with E-state index in [1.54, 1.807) is 24.3 Å². The van der Waals surface area contributed by atoms with Crippen molar-refractivity contribution in [3.8, 4) is 6.07 Å². The lowest BCUT2D eigenvalue weighted by atomic mass is 9.96. The molecule has 0 radical (unpaired) electrons. The first-order valence-electron chi connectivity index (χ1n) is 5.39. The van der Waals surface area contributed by atoms with Gasteiger partial charge in [-0.15, -0.1) is 0 Å². The molecule has 0 spiro atoms. The predicted molar refractivity (Wildman–Crippen MR) is 64.5 cm³/mol. The minimum absolute atomic E-state index is 0.283. The number of nitrogens with zero attached hydrogens (tertiary/aromatic N) is 1. The van der Waals surface area contributed by atoms with Crippen molar-refractivity contribution in [3.63, 3.8) is 0 Å². The Kier molecular flexibility index (Phi) is 4.24. The van der Waals surface area contributed by atoms with Crippen LogP contribution in [0.5, 0.6) is 0 Å². The second-order valence-corrected chi connectivity index (χ2v) is 4.60. The number of carbonyl (C=O) groups is 1. The average Bonchev–Trinajstić information content (AvgIpc) is 2.29. The van der Waals surface area contributed by atoms with E-state index in [9.17, 15) is 4.79 Å². The van der Waals surface area contributed by atoms with Crippen LogP contribution in [-0.2, 0) is 6.54 Å². The predicted octanol–water partition coefficient (Wildman–Crippen LogP) is 2.02. The number of nitrogens with one attached hydrogen (secondary N) is 1. The fraction of sp³-hybridized carbons (Fsp3) is 0.385. The summed E-state index contributed by atoms with van der Waals surface area (Å²) in [5, 5.41) is 20.7. The Morgan fingerprint density at radius 2 is 2.00 bits per heavy atom. The van der Waals surface area contributed by atoms with Gasteiger partial charge in [-0.05, 0) is 31.5 Å². The summed E-state index contributed by atoms with van der Waals surface area (Å²) in [6.45, 7) is 4.97. The molecule has 4 heteroatoms. The van der Waals surface area contributed by atoms with Crippen LogP contribution in [0.1, 0.15) is 29.8 Å². The van der Waals surface area contributed by atoms with Crippen LogP contribution in [0.3, 0.4) is 0 Å². The molecule has 0 amide bonds. The third-order valence-corrected chi connectivity index (χ3v) is 2.40. The van der Waals surface area contributed by atoms with Gasteiger partial charge in [0.2, 0.25) is 0 Å². The molecule has 1 aromatic rings. The van der Waals surface area contributed by atoms with E-state index in [-0.39, 0.29) is 11.0 Å². The normalized spacial score (nSPS) is 10.9. The molecule has 0 bridgehead atoms. The van der Waals surface area contributed by atoms with Gasteiger partial charge < -0.3 is 10.4 Å². The summed E-state index contributed by atoms with van der Waals surface area (Å²) < 4.78 is 0. The minimum Gasteiger partial charge on any atom is -0.478 e. The molecule has 0 saturated carbocycles. The maximum Gasteiger partial charge on any atom is 0.335 e. The molecule has 0 unspecified atom stereocenters. The molecule has 0 aliphatic heterocycles. The molecule has 0 fully saturated rings. The zero-order valence-corrected chi connectivity index (χ0v) is 10.0. The summed E-state index contributed by atoms with van der Waals surface area (Å²) in [6, 6.07) is 8.92. The first-order valence-corrected chi connectivity index (χ1v) is 5.39. The van der Waals surface area contributed by atoms with E-state index in [0.717, 1.165) is 5.56 Å². The molecule has 2 N–H and O–H groups in total. The Morgan fingerprint density at radius 1 is 1.41 bits per heavy atom. The maximum absolute atomic E-state index is 10.6. The zero-order valence-electron chi connectivity index (χ0n) is 10.0. The molecule has 1 rings (SSSR count). The van der Waals surface area contributed by atoms with E-state index in [1.165, 1.54) is 0 Å². The number of hydrogen-bond acceptors (Lipinski definition) is 3. The highest BCUT2D eigenvalue weighted by Gasteiger charge is 2.15. The molecule has 4 nitrogen and oxygen atoms in total. The van der Waals surface area contributed by atoms with E-state index in [1.807, 2.05) is 13.8 Å². The lowest BCUT2D eigenvalue weighted by Crippen LogP contribution is -2.27. The summed E-state index contributed by atoms with van der Waals surface area (Å²) >= 11 is 0. The number of benzene rings is 1. The Bertz CT molecular complexity index is 430. The van der Waals surface area contributed by atoms with Crippen LogP contribution in [0.25, 0.3) is 0 Å². The number of aromatic carboxylic acids is 1. The summed E-state index contributed by atoms with van der Waals surface area (Å²) in [5.41, 5.74) is 0.899. The Balaban J connectivity index is 2.49. The topological polar surface area (TPSA) is 73.1 Å². The highest BCUT2D eigenvalue weighted by molar-refractivity contribution is 5.87.